The number of β-amino-alcohol motifs (C(OH)–C–C–N with tert-alkyl or cyclic N) is 1. The van der Waals surface area contributed by atoms with Crippen LogP contribution in [0.5, 0.6) is 0 Å². The van der Waals surface area contributed by atoms with Crippen LogP contribution in [0.2, 0.25) is 0 Å². The Bertz CT molecular complexity index is 1410. The first-order chi connectivity index (χ1) is 19.0. The van der Waals surface area contributed by atoms with Gasteiger partial charge in [0, 0.05) is 48.1 Å². The van der Waals surface area contributed by atoms with Gasteiger partial charge in [0.1, 0.15) is 22.9 Å². The van der Waals surface area contributed by atoms with Gasteiger partial charge in [-0.2, -0.15) is 5.26 Å². The number of guanidine groups is 1. The molecule has 0 saturated carbocycles. The molecule has 0 amide bonds. The van der Waals surface area contributed by atoms with Crippen LogP contribution < -0.4 is 16.4 Å². The molecule has 6 rings (SSSR count). The summed E-state index contributed by atoms with van der Waals surface area (Å²) in [7, 11) is 0. The smallest absolute Gasteiger partial charge is 0.199 e. The number of aliphatic imine (C=N–C) groups is 1. The third-order valence-electron chi connectivity index (χ3n) is 8.37. The molecular weight excluding hydrogens is 534 g/mol. The van der Waals surface area contributed by atoms with E-state index >= 15 is 4.39 Å². The van der Waals surface area contributed by atoms with E-state index in [0.717, 1.165) is 22.8 Å². The summed E-state index contributed by atoms with van der Waals surface area (Å²) in [4.78, 5) is 6.87. The first kappa shape index (κ1) is 28.3. The number of nitrogens with zero attached hydrogens (tertiary/aromatic N) is 3. The van der Waals surface area contributed by atoms with Crippen molar-refractivity contribution in [2.75, 3.05) is 32.0 Å². The maximum atomic E-state index is 16.4. The van der Waals surface area contributed by atoms with Gasteiger partial charge in [-0.1, -0.05) is 34.1 Å². The number of anilines is 1. The summed E-state index contributed by atoms with van der Waals surface area (Å²) in [6, 6.07) is 0.344. The lowest BCUT2D eigenvalue weighted by molar-refractivity contribution is 0.0399. The average Bonchev–Trinajstić information content (AvgIpc) is 3.61. The molecule has 8 nitrogen and oxygen atoms in total. The van der Waals surface area contributed by atoms with Crippen LogP contribution in [0, 0.1) is 23.2 Å². The molecule has 5 N–H and O–H groups in total. The molecule has 4 atom stereocenters. The maximum absolute atomic E-state index is 16.4. The zero-order valence-electron chi connectivity index (χ0n) is 23.4. The number of fused-ring (bicyclic) bond motifs is 3. The molecule has 214 valence electrons. The van der Waals surface area contributed by atoms with E-state index in [0.29, 0.717) is 47.9 Å². The van der Waals surface area contributed by atoms with E-state index in [1.807, 2.05) is 11.8 Å². The second kappa shape index (κ2) is 10.7. The van der Waals surface area contributed by atoms with Crippen molar-refractivity contribution in [2.24, 2.45) is 16.8 Å². The highest BCUT2D eigenvalue weighted by molar-refractivity contribution is 7.17. The number of hydrogen-bond donors (Lipinski definition) is 4. The topological polar surface area (TPSA) is 119 Å². The number of likely N-dealkylation sites (tertiary alicyclic amines) is 1. The molecule has 0 radical (unpaired) electrons. The Morgan fingerprint density at radius 1 is 1.32 bits per heavy atom. The van der Waals surface area contributed by atoms with E-state index in [1.165, 1.54) is 12.6 Å². The van der Waals surface area contributed by atoms with Crippen molar-refractivity contribution in [3.05, 3.63) is 56.5 Å². The monoisotopic (exact) mass is 570 g/mol. The number of hydrogen-bond acceptors (Lipinski definition) is 9. The fourth-order valence-corrected chi connectivity index (χ4v) is 6.42. The Morgan fingerprint density at radius 3 is 2.65 bits per heavy atom. The Hall–Kier alpha value is -3.20. The molecule has 5 aliphatic rings. The molecule has 11 heteroatoms. The van der Waals surface area contributed by atoms with E-state index in [-0.39, 0.29) is 28.0 Å². The van der Waals surface area contributed by atoms with Crippen molar-refractivity contribution in [2.45, 2.75) is 58.7 Å². The number of thiophene rings is 1. The SMILES string of the molecule is CC1CN(C2=NC3C(=CN2)C2=C(COC2)C(C2NC=C(F)c4sc(N)c(C#N)c42)=C3F)CC1(C)O.CCC(C)C. The van der Waals surface area contributed by atoms with Crippen molar-refractivity contribution in [1.29, 1.82) is 5.26 Å². The highest BCUT2D eigenvalue weighted by Gasteiger charge is 2.45. The summed E-state index contributed by atoms with van der Waals surface area (Å²) in [6.07, 6.45) is 4.25. The molecule has 1 fully saturated rings. The third-order valence-corrected chi connectivity index (χ3v) is 9.41. The van der Waals surface area contributed by atoms with Crippen molar-refractivity contribution >= 4 is 28.1 Å². The van der Waals surface area contributed by atoms with E-state index in [2.05, 4.69) is 37.5 Å². The number of aliphatic hydroxyl groups is 1. The normalized spacial score (nSPS) is 28.9. The lowest BCUT2D eigenvalue weighted by Crippen LogP contribution is -2.44. The van der Waals surface area contributed by atoms with Crippen LogP contribution >= 0.6 is 11.3 Å². The number of halogens is 2. The van der Waals surface area contributed by atoms with Gasteiger partial charge < -0.3 is 31.1 Å². The fourth-order valence-electron chi connectivity index (χ4n) is 5.46. The lowest BCUT2D eigenvalue weighted by atomic mass is 9.79. The minimum absolute atomic E-state index is 0.0252. The van der Waals surface area contributed by atoms with Gasteiger partial charge in [-0.25, -0.2) is 13.8 Å². The number of ether oxygens (including phenoxy) is 1. The Labute approximate surface area is 237 Å². The van der Waals surface area contributed by atoms with Gasteiger partial charge in [0.05, 0.1) is 35.3 Å². The predicted molar refractivity (Wildman–Crippen MR) is 153 cm³/mol. The van der Waals surface area contributed by atoms with E-state index in [1.54, 1.807) is 13.1 Å². The summed E-state index contributed by atoms with van der Waals surface area (Å²) >= 11 is 0.984. The first-order valence-electron chi connectivity index (χ1n) is 13.6. The van der Waals surface area contributed by atoms with Crippen LogP contribution in [-0.2, 0) is 4.74 Å². The Morgan fingerprint density at radius 2 is 2.02 bits per heavy atom. The van der Waals surface area contributed by atoms with Gasteiger partial charge in [0.15, 0.2) is 11.8 Å². The molecule has 5 heterocycles. The molecule has 1 aromatic rings. The van der Waals surface area contributed by atoms with Gasteiger partial charge in [0.25, 0.3) is 0 Å². The second-order valence-corrected chi connectivity index (χ2v) is 12.6. The predicted octanol–water partition coefficient (Wildman–Crippen LogP) is 4.64. The second-order valence-electron chi connectivity index (χ2n) is 11.5. The minimum atomic E-state index is -0.912. The van der Waals surface area contributed by atoms with Gasteiger partial charge >= 0.3 is 0 Å². The van der Waals surface area contributed by atoms with Crippen LogP contribution in [0.3, 0.4) is 0 Å². The molecule has 1 aromatic heterocycles. The zero-order valence-corrected chi connectivity index (χ0v) is 24.3. The third kappa shape index (κ3) is 4.72. The largest absolute Gasteiger partial charge is 0.389 e. The number of nitrogens with two attached hydrogens (primary N) is 1. The van der Waals surface area contributed by atoms with Crippen LogP contribution in [0.1, 0.15) is 63.1 Å². The number of nitriles is 1. The fraction of sp³-hybridized carbons (Fsp3) is 0.517. The van der Waals surface area contributed by atoms with E-state index < -0.39 is 29.3 Å². The van der Waals surface area contributed by atoms with Crippen LogP contribution in [0.4, 0.5) is 13.8 Å². The van der Waals surface area contributed by atoms with Crippen molar-refractivity contribution in [3.63, 3.8) is 0 Å². The van der Waals surface area contributed by atoms with Crippen LogP contribution in [0.25, 0.3) is 5.83 Å². The van der Waals surface area contributed by atoms with Crippen molar-refractivity contribution in [1.82, 2.24) is 15.5 Å². The molecule has 1 saturated heterocycles. The zero-order chi connectivity index (χ0) is 28.9. The summed E-state index contributed by atoms with van der Waals surface area (Å²) in [5.74, 6) is 0.376. The number of nitrogens with one attached hydrogen (secondary N) is 2. The lowest BCUT2D eigenvalue weighted by Gasteiger charge is -2.34. The highest BCUT2D eigenvalue weighted by Crippen LogP contribution is 2.50. The molecular formula is C29H36F2N6O2S. The molecule has 40 heavy (non-hydrogen) atoms. The average molecular weight is 571 g/mol. The van der Waals surface area contributed by atoms with E-state index in [4.69, 9.17) is 15.5 Å². The van der Waals surface area contributed by atoms with Crippen molar-refractivity contribution in [3.8, 4) is 6.07 Å². The quantitative estimate of drug-likeness (QED) is 0.409. The van der Waals surface area contributed by atoms with Crippen LogP contribution in [0.15, 0.2) is 45.5 Å². The van der Waals surface area contributed by atoms with Gasteiger partial charge in [-0.3, -0.25) is 0 Å². The van der Waals surface area contributed by atoms with E-state index in [9.17, 15) is 14.8 Å². The molecule has 4 unspecified atom stereocenters. The molecule has 0 aromatic carbocycles. The van der Waals surface area contributed by atoms with Gasteiger partial charge in [0.2, 0.25) is 0 Å². The summed E-state index contributed by atoms with van der Waals surface area (Å²) in [5.41, 5.74) is 8.14. The highest BCUT2D eigenvalue weighted by atomic mass is 32.1. The summed E-state index contributed by atoms with van der Waals surface area (Å²) in [5, 5.41) is 26.7. The minimum Gasteiger partial charge on any atom is -0.389 e. The van der Waals surface area contributed by atoms with Crippen molar-refractivity contribution < 1.29 is 18.6 Å². The molecule has 0 bridgehead atoms. The Kier molecular flexibility index (Phi) is 7.54. The summed E-state index contributed by atoms with van der Waals surface area (Å²) < 4.78 is 36.8. The Balaban J connectivity index is 0.000000595. The van der Waals surface area contributed by atoms with Gasteiger partial charge in [-0.05, 0) is 24.0 Å². The number of nitrogen functional groups attached to an aromatic ring is 1. The number of rotatable bonds is 2. The molecule has 1 aliphatic carbocycles. The summed E-state index contributed by atoms with van der Waals surface area (Å²) in [6.45, 7) is 11.9. The molecule has 4 aliphatic heterocycles. The van der Waals surface area contributed by atoms with Gasteiger partial charge in [-0.15, -0.1) is 11.3 Å². The molecule has 0 spiro atoms. The first-order valence-corrected chi connectivity index (χ1v) is 14.5. The maximum Gasteiger partial charge on any atom is 0.199 e. The standard InChI is InChI=1S/C24H24F2N6O2S.C5H12/c1-10-6-32(9-24(10,2)33)23-30-4-12-13-7-34-8-14(13)16(18(26)19(12)31-23)20-17-11(3-27)22(28)35-21(17)15(25)5-29-20;1-4-5(2)3/h4-5,10,19-20,29,33H,6-9,28H2,1-2H3,(H,30,31);5H,4H2,1-3H3. The van der Waals surface area contributed by atoms with Crippen LogP contribution in [-0.4, -0.2) is 53.9 Å².